The van der Waals surface area contributed by atoms with Crippen molar-refractivity contribution in [2.75, 3.05) is 26.8 Å². The van der Waals surface area contributed by atoms with Crippen molar-refractivity contribution in [1.29, 1.82) is 0 Å². The van der Waals surface area contributed by atoms with Crippen LogP contribution in [0.15, 0.2) is 24.3 Å². The number of nitrogens with one attached hydrogen (secondary N) is 1. The maximum absolute atomic E-state index is 5.68. The fraction of sp³-hybridized carbons (Fsp3) is 0.600. The summed E-state index contributed by atoms with van der Waals surface area (Å²) in [7, 11) is 1.72. The van der Waals surface area contributed by atoms with Gasteiger partial charge in [0.2, 0.25) is 0 Å². The van der Waals surface area contributed by atoms with Crippen LogP contribution in [0.1, 0.15) is 25.8 Å². The molecule has 0 saturated carbocycles. The zero-order valence-electron chi connectivity index (χ0n) is 11.7. The summed E-state index contributed by atoms with van der Waals surface area (Å²) < 4.78 is 10.7. The molecule has 0 atom stereocenters. The molecule has 0 saturated heterocycles. The standard InChI is InChI=1S/C15H25NO2/c1-13(2)18-15-8-4-6-14(12-15)7-5-9-16-10-11-17-3/h4,6,8,12-13,16H,5,7,9-11H2,1-3H3. The smallest absolute Gasteiger partial charge is 0.119 e. The molecule has 0 heterocycles. The van der Waals surface area contributed by atoms with Crippen molar-refractivity contribution >= 4 is 0 Å². The van der Waals surface area contributed by atoms with E-state index >= 15 is 0 Å². The molecule has 102 valence electrons. The summed E-state index contributed by atoms with van der Waals surface area (Å²) >= 11 is 0. The van der Waals surface area contributed by atoms with Crippen LogP contribution in [0.25, 0.3) is 0 Å². The maximum Gasteiger partial charge on any atom is 0.119 e. The highest BCUT2D eigenvalue weighted by atomic mass is 16.5. The van der Waals surface area contributed by atoms with E-state index in [1.807, 2.05) is 19.9 Å². The van der Waals surface area contributed by atoms with Crippen LogP contribution >= 0.6 is 0 Å². The fourth-order valence-corrected chi connectivity index (χ4v) is 1.76. The lowest BCUT2D eigenvalue weighted by Gasteiger charge is -2.11. The zero-order valence-corrected chi connectivity index (χ0v) is 11.7. The van der Waals surface area contributed by atoms with Gasteiger partial charge in [0.15, 0.2) is 0 Å². The van der Waals surface area contributed by atoms with Crippen LogP contribution in [-0.4, -0.2) is 32.9 Å². The Kier molecular flexibility index (Phi) is 7.46. The summed E-state index contributed by atoms with van der Waals surface area (Å²) in [6, 6.07) is 8.36. The van der Waals surface area contributed by atoms with Gasteiger partial charge in [-0.25, -0.2) is 0 Å². The lowest BCUT2D eigenvalue weighted by Crippen LogP contribution is -2.20. The Bertz CT molecular complexity index is 326. The third kappa shape index (κ3) is 6.62. The van der Waals surface area contributed by atoms with E-state index < -0.39 is 0 Å². The number of hydrogen-bond donors (Lipinski definition) is 1. The summed E-state index contributed by atoms with van der Waals surface area (Å²) in [5.41, 5.74) is 1.33. The fourth-order valence-electron chi connectivity index (χ4n) is 1.76. The van der Waals surface area contributed by atoms with E-state index in [2.05, 4.69) is 23.5 Å². The Morgan fingerprint density at radius 1 is 1.22 bits per heavy atom. The van der Waals surface area contributed by atoms with E-state index in [0.29, 0.717) is 0 Å². The van der Waals surface area contributed by atoms with Crippen molar-refractivity contribution in [2.45, 2.75) is 32.8 Å². The summed E-state index contributed by atoms with van der Waals surface area (Å²) in [6.45, 7) is 6.82. The number of methoxy groups -OCH3 is 1. The number of hydrogen-bond acceptors (Lipinski definition) is 3. The summed E-state index contributed by atoms with van der Waals surface area (Å²) in [4.78, 5) is 0. The van der Waals surface area contributed by atoms with E-state index in [-0.39, 0.29) is 6.10 Å². The van der Waals surface area contributed by atoms with Crippen molar-refractivity contribution < 1.29 is 9.47 Å². The van der Waals surface area contributed by atoms with E-state index in [9.17, 15) is 0 Å². The molecule has 0 spiro atoms. The van der Waals surface area contributed by atoms with Crippen molar-refractivity contribution in [3.63, 3.8) is 0 Å². The Hall–Kier alpha value is -1.06. The Labute approximate surface area is 110 Å². The van der Waals surface area contributed by atoms with E-state index in [4.69, 9.17) is 9.47 Å². The SMILES string of the molecule is COCCNCCCc1cccc(OC(C)C)c1. The monoisotopic (exact) mass is 251 g/mol. The quantitative estimate of drug-likeness (QED) is 0.684. The molecule has 0 aliphatic carbocycles. The lowest BCUT2D eigenvalue weighted by molar-refractivity contribution is 0.199. The lowest BCUT2D eigenvalue weighted by atomic mass is 10.1. The molecule has 0 aliphatic rings. The third-order valence-electron chi connectivity index (χ3n) is 2.57. The molecule has 0 aliphatic heterocycles. The van der Waals surface area contributed by atoms with Crippen LogP contribution < -0.4 is 10.1 Å². The Balaban J connectivity index is 2.25. The number of rotatable bonds is 9. The largest absolute Gasteiger partial charge is 0.491 e. The van der Waals surface area contributed by atoms with Gasteiger partial charge in [-0.05, 0) is 50.9 Å². The highest BCUT2D eigenvalue weighted by Crippen LogP contribution is 2.15. The van der Waals surface area contributed by atoms with Crippen molar-refractivity contribution in [2.24, 2.45) is 0 Å². The Morgan fingerprint density at radius 3 is 2.78 bits per heavy atom. The second kappa shape index (κ2) is 8.95. The molecule has 0 radical (unpaired) electrons. The van der Waals surface area contributed by atoms with Crippen molar-refractivity contribution in [3.05, 3.63) is 29.8 Å². The highest BCUT2D eigenvalue weighted by Gasteiger charge is 1.99. The number of ether oxygens (including phenoxy) is 2. The molecule has 0 fully saturated rings. The van der Waals surface area contributed by atoms with Crippen LogP contribution in [0.3, 0.4) is 0 Å². The van der Waals surface area contributed by atoms with Crippen LogP contribution in [0.4, 0.5) is 0 Å². The molecule has 3 nitrogen and oxygen atoms in total. The molecular formula is C15H25NO2. The van der Waals surface area contributed by atoms with Crippen molar-refractivity contribution in [1.82, 2.24) is 5.32 Å². The van der Waals surface area contributed by atoms with Gasteiger partial charge in [0, 0.05) is 13.7 Å². The first kappa shape index (κ1) is 15.0. The van der Waals surface area contributed by atoms with Gasteiger partial charge in [0.25, 0.3) is 0 Å². The van der Waals surface area contributed by atoms with Crippen LogP contribution in [0.2, 0.25) is 0 Å². The summed E-state index contributed by atoms with van der Waals surface area (Å²) in [6.07, 6.45) is 2.44. The molecular weight excluding hydrogens is 226 g/mol. The van der Waals surface area contributed by atoms with E-state index in [1.165, 1.54) is 5.56 Å². The van der Waals surface area contributed by atoms with Gasteiger partial charge in [-0.3, -0.25) is 0 Å². The summed E-state index contributed by atoms with van der Waals surface area (Å²) in [5, 5.41) is 3.35. The molecule has 3 heteroatoms. The summed E-state index contributed by atoms with van der Waals surface area (Å²) in [5.74, 6) is 0.967. The first-order valence-electron chi connectivity index (χ1n) is 6.67. The van der Waals surface area contributed by atoms with Crippen LogP contribution in [0.5, 0.6) is 5.75 Å². The molecule has 0 bridgehead atoms. The third-order valence-corrected chi connectivity index (χ3v) is 2.57. The number of aryl methyl sites for hydroxylation is 1. The second-order valence-electron chi connectivity index (χ2n) is 4.66. The average Bonchev–Trinajstić information content (AvgIpc) is 2.33. The zero-order chi connectivity index (χ0) is 13.2. The average molecular weight is 251 g/mol. The predicted octanol–water partition coefficient (Wildman–Crippen LogP) is 2.64. The maximum atomic E-state index is 5.68. The minimum atomic E-state index is 0.232. The first-order chi connectivity index (χ1) is 8.72. The minimum absolute atomic E-state index is 0.232. The van der Waals surface area contributed by atoms with Gasteiger partial charge in [-0.1, -0.05) is 12.1 Å². The van der Waals surface area contributed by atoms with Crippen LogP contribution in [-0.2, 0) is 11.2 Å². The first-order valence-corrected chi connectivity index (χ1v) is 6.67. The molecule has 0 aromatic heterocycles. The minimum Gasteiger partial charge on any atom is -0.491 e. The van der Waals surface area contributed by atoms with E-state index in [0.717, 1.165) is 38.3 Å². The molecule has 18 heavy (non-hydrogen) atoms. The topological polar surface area (TPSA) is 30.5 Å². The van der Waals surface area contributed by atoms with Gasteiger partial charge >= 0.3 is 0 Å². The van der Waals surface area contributed by atoms with E-state index in [1.54, 1.807) is 7.11 Å². The molecule has 0 amide bonds. The van der Waals surface area contributed by atoms with Crippen LogP contribution in [0, 0.1) is 0 Å². The van der Waals surface area contributed by atoms with Gasteiger partial charge in [-0.15, -0.1) is 0 Å². The van der Waals surface area contributed by atoms with Crippen molar-refractivity contribution in [3.8, 4) is 5.75 Å². The molecule has 1 rings (SSSR count). The van der Waals surface area contributed by atoms with Gasteiger partial charge in [-0.2, -0.15) is 0 Å². The molecule has 0 unspecified atom stereocenters. The van der Waals surface area contributed by atoms with Gasteiger partial charge in [0.05, 0.1) is 12.7 Å². The Morgan fingerprint density at radius 2 is 2.06 bits per heavy atom. The molecule has 1 aromatic rings. The normalized spacial score (nSPS) is 10.9. The molecule has 1 N–H and O–H groups in total. The number of benzene rings is 1. The second-order valence-corrected chi connectivity index (χ2v) is 4.66. The van der Waals surface area contributed by atoms with Gasteiger partial charge in [0.1, 0.15) is 5.75 Å². The molecule has 1 aromatic carbocycles. The van der Waals surface area contributed by atoms with Gasteiger partial charge < -0.3 is 14.8 Å². The predicted molar refractivity (Wildman–Crippen MR) is 75.3 cm³/mol. The highest BCUT2D eigenvalue weighted by molar-refractivity contribution is 5.28.